The van der Waals surface area contributed by atoms with E-state index in [0.717, 1.165) is 30.7 Å². The fourth-order valence-corrected chi connectivity index (χ4v) is 3.84. The molecule has 25 heavy (non-hydrogen) atoms. The zero-order valence-electron chi connectivity index (χ0n) is 15.0. The zero-order valence-corrected chi connectivity index (χ0v) is 16.6. The Morgan fingerprint density at radius 1 is 1.52 bits per heavy atom. The second-order valence-corrected chi connectivity index (χ2v) is 7.40. The van der Waals surface area contributed by atoms with E-state index in [1.165, 1.54) is 11.3 Å². The Bertz CT molecular complexity index is 567. The molecule has 2 unspecified atom stereocenters. The summed E-state index contributed by atoms with van der Waals surface area (Å²) in [6.07, 6.45) is 4.41. The highest BCUT2D eigenvalue weighted by Crippen LogP contribution is 2.20. The van der Waals surface area contributed by atoms with Gasteiger partial charge >= 0.3 is 0 Å². The van der Waals surface area contributed by atoms with Crippen LogP contribution in [-0.4, -0.2) is 47.4 Å². The van der Waals surface area contributed by atoms with Crippen molar-refractivity contribution in [3.05, 3.63) is 16.1 Å². The predicted octanol–water partition coefficient (Wildman–Crippen LogP) is 2.22. The molecule has 0 radical (unpaired) electrons. The molecule has 2 heterocycles. The average Bonchev–Trinajstić information content (AvgIpc) is 3.03. The zero-order chi connectivity index (χ0) is 17.5. The van der Waals surface area contributed by atoms with Crippen LogP contribution in [0.4, 0.5) is 0 Å². The molecule has 142 valence electrons. The lowest BCUT2D eigenvalue weighted by Gasteiger charge is -2.32. The molecule has 2 rings (SSSR count). The summed E-state index contributed by atoms with van der Waals surface area (Å²) < 4.78 is 0. The second-order valence-electron chi connectivity index (χ2n) is 6.45. The molecule has 1 aliphatic rings. The summed E-state index contributed by atoms with van der Waals surface area (Å²) in [5.74, 6) is -0.131. The fourth-order valence-electron chi connectivity index (χ4n) is 3.05. The summed E-state index contributed by atoms with van der Waals surface area (Å²) >= 11 is 1.47. The molecule has 8 heteroatoms. The van der Waals surface area contributed by atoms with Gasteiger partial charge in [0, 0.05) is 30.9 Å². The minimum Gasteiger partial charge on any atom is -0.353 e. The van der Waals surface area contributed by atoms with Crippen molar-refractivity contribution in [2.75, 3.05) is 19.6 Å². The van der Waals surface area contributed by atoms with Crippen molar-refractivity contribution in [3.63, 3.8) is 0 Å². The van der Waals surface area contributed by atoms with Gasteiger partial charge in [-0.2, -0.15) is 0 Å². The molecule has 1 aromatic rings. The standard InChI is InChI=1S/C17H28N4O2S.ClH/c1-3-5-12(2)19-16(22)13-6-4-9-21(10-13)17(23)14-11-24-15(20-14)7-8-18;/h11-13H,3-10,18H2,1-2H3,(H,19,22);1H. The van der Waals surface area contributed by atoms with E-state index in [4.69, 9.17) is 5.73 Å². The van der Waals surface area contributed by atoms with Crippen molar-refractivity contribution in [3.8, 4) is 0 Å². The summed E-state index contributed by atoms with van der Waals surface area (Å²) in [7, 11) is 0. The molecule has 1 aliphatic heterocycles. The first-order valence-electron chi connectivity index (χ1n) is 8.79. The summed E-state index contributed by atoms with van der Waals surface area (Å²) in [5, 5.41) is 5.75. The monoisotopic (exact) mass is 388 g/mol. The number of piperidine rings is 1. The summed E-state index contributed by atoms with van der Waals surface area (Å²) in [6, 6.07) is 0.186. The minimum absolute atomic E-state index is 0. The van der Waals surface area contributed by atoms with Crippen LogP contribution in [0.3, 0.4) is 0 Å². The lowest BCUT2D eigenvalue weighted by atomic mass is 9.96. The molecule has 0 bridgehead atoms. The second kappa shape index (κ2) is 10.7. The maximum Gasteiger partial charge on any atom is 0.273 e. The highest BCUT2D eigenvalue weighted by atomic mass is 35.5. The number of halogens is 1. The van der Waals surface area contributed by atoms with Crippen LogP contribution in [0, 0.1) is 5.92 Å². The van der Waals surface area contributed by atoms with E-state index in [2.05, 4.69) is 17.2 Å². The smallest absolute Gasteiger partial charge is 0.273 e. The Morgan fingerprint density at radius 3 is 2.96 bits per heavy atom. The van der Waals surface area contributed by atoms with Crippen LogP contribution in [0.2, 0.25) is 0 Å². The Hall–Kier alpha value is -1.18. The quantitative estimate of drug-likeness (QED) is 0.749. The number of aromatic nitrogens is 1. The maximum absolute atomic E-state index is 12.6. The van der Waals surface area contributed by atoms with Gasteiger partial charge in [0.1, 0.15) is 5.69 Å². The van der Waals surface area contributed by atoms with Crippen molar-refractivity contribution in [2.45, 2.75) is 52.0 Å². The molecule has 2 amide bonds. The number of carbonyl (C=O) groups excluding carboxylic acids is 2. The third-order valence-electron chi connectivity index (χ3n) is 4.32. The first kappa shape index (κ1) is 21.9. The van der Waals surface area contributed by atoms with Crippen molar-refractivity contribution < 1.29 is 9.59 Å². The Balaban J connectivity index is 0.00000312. The lowest BCUT2D eigenvalue weighted by molar-refractivity contribution is -0.127. The summed E-state index contributed by atoms with van der Waals surface area (Å²) in [4.78, 5) is 31.1. The van der Waals surface area contributed by atoms with Gasteiger partial charge in [0.25, 0.3) is 5.91 Å². The average molecular weight is 389 g/mol. The van der Waals surface area contributed by atoms with Crippen LogP contribution in [0.15, 0.2) is 5.38 Å². The number of nitrogens with zero attached hydrogens (tertiary/aromatic N) is 2. The molecule has 0 spiro atoms. The lowest BCUT2D eigenvalue weighted by Crippen LogP contribution is -2.47. The van der Waals surface area contributed by atoms with Crippen LogP contribution in [0.25, 0.3) is 0 Å². The number of hydrogen-bond donors (Lipinski definition) is 2. The van der Waals surface area contributed by atoms with E-state index in [-0.39, 0.29) is 36.2 Å². The first-order valence-corrected chi connectivity index (χ1v) is 9.67. The highest BCUT2D eigenvalue weighted by molar-refractivity contribution is 7.09. The van der Waals surface area contributed by atoms with E-state index in [1.807, 2.05) is 6.92 Å². The number of amides is 2. The van der Waals surface area contributed by atoms with Crippen molar-refractivity contribution in [2.24, 2.45) is 11.7 Å². The number of nitrogens with one attached hydrogen (secondary N) is 1. The molecule has 1 aromatic heterocycles. The number of likely N-dealkylation sites (tertiary alicyclic amines) is 1. The van der Waals surface area contributed by atoms with Gasteiger partial charge in [0.05, 0.1) is 10.9 Å². The van der Waals surface area contributed by atoms with Crippen LogP contribution in [0.5, 0.6) is 0 Å². The Morgan fingerprint density at radius 2 is 2.28 bits per heavy atom. The molecular formula is C17H29ClN4O2S. The van der Waals surface area contributed by atoms with E-state index in [9.17, 15) is 9.59 Å². The largest absolute Gasteiger partial charge is 0.353 e. The molecule has 6 nitrogen and oxygen atoms in total. The van der Waals surface area contributed by atoms with Crippen LogP contribution < -0.4 is 11.1 Å². The maximum atomic E-state index is 12.6. The van der Waals surface area contributed by atoms with E-state index in [0.29, 0.717) is 31.7 Å². The van der Waals surface area contributed by atoms with Gasteiger partial charge in [-0.1, -0.05) is 13.3 Å². The highest BCUT2D eigenvalue weighted by Gasteiger charge is 2.30. The summed E-state index contributed by atoms with van der Waals surface area (Å²) in [6.45, 7) is 5.84. The third-order valence-corrected chi connectivity index (χ3v) is 5.23. The van der Waals surface area contributed by atoms with E-state index in [1.54, 1.807) is 10.3 Å². The van der Waals surface area contributed by atoms with Gasteiger partial charge < -0.3 is 16.0 Å². The van der Waals surface area contributed by atoms with E-state index < -0.39 is 0 Å². The number of rotatable bonds is 7. The number of hydrogen-bond acceptors (Lipinski definition) is 5. The number of nitrogens with two attached hydrogens (primary N) is 1. The molecular weight excluding hydrogens is 360 g/mol. The molecule has 1 fully saturated rings. The van der Waals surface area contributed by atoms with Gasteiger partial charge in [-0.25, -0.2) is 4.98 Å². The van der Waals surface area contributed by atoms with Crippen molar-refractivity contribution in [1.82, 2.24) is 15.2 Å². The molecule has 0 aliphatic carbocycles. The number of thiazole rings is 1. The molecule has 2 atom stereocenters. The summed E-state index contributed by atoms with van der Waals surface area (Å²) in [5.41, 5.74) is 6.00. The van der Waals surface area contributed by atoms with Crippen molar-refractivity contribution in [1.29, 1.82) is 0 Å². The molecule has 3 N–H and O–H groups in total. The first-order chi connectivity index (χ1) is 11.5. The van der Waals surface area contributed by atoms with Gasteiger partial charge in [-0.15, -0.1) is 23.7 Å². The minimum atomic E-state index is -0.121. The molecule has 0 aromatic carbocycles. The Labute approximate surface area is 160 Å². The third kappa shape index (κ3) is 6.24. The normalized spacial score (nSPS) is 18.4. The molecule has 1 saturated heterocycles. The molecule has 0 saturated carbocycles. The Kier molecular flexibility index (Phi) is 9.38. The van der Waals surface area contributed by atoms with Gasteiger partial charge in [-0.05, 0) is 32.7 Å². The van der Waals surface area contributed by atoms with Gasteiger partial charge in [0.15, 0.2) is 0 Å². The van der Waals surface area contributed by atoms with Crippen molar-refractivity contribution >= 4 is 35.6 Å². The van der Waals surface area contributed by atoms with Gasteiger partial charge in [0.2, 0.25) is 5.91 Å². The van der Waals surface area contributed by atoms with Crippen LogP contribution in [0.1, 0.15) is 55.0 Å². The van der Waals surface area contributed by atoms with Gasteiger partial charge in [-0.3, -0.25) is 9.59 Å². The van der Waals surface area contributed by atoms with Crippen LogP contribution >= 0.6 is 23.7 Å². The fraction of sp³-hybridized carbons (Fsp3) is 0.706. The van der Waals surface area contributed by atoms with E-state index >= 15 is 0 Å². The van der Waals surface area contributed by atoms with Crippen LogP contribution in [-0.2, 0) is 11.2 Å². The predicted molar refractivity (Wildman–Crippen MR) is 103 cm³/mol. The number of carbonyl (C=O) groups is 2. The topological polar surface area (TPSA) is 88.3 Å². The SMILES string of the molecule is CCCC(C)NC(=O)C1CCCN(C(=O)c2csc(CCN)n2)C1.Cl.